The van der Waals surface area contributed by atoms with Gasteiger partial charge in [0.05, 0.1) is 30.3 Å². The number of nitrogens with one attached hydrogen (secondary N) is 1. The molecule has 1 heterocycles. The molecule has 0 bridgehead atoms. The predicted octanol–water partition coefficient (Wildman–Crippen LogP) is 7.23. The van der Waals surface area contributed by atoms with Crippen molar-refractivity contribution < 1.29 is 19.1 Å². The maximum absolute atomic E-state index is 13.9. The fourth-order valence-electron chi connectivity index (χ4n) is 4.59. The molecule has 1 N–H and O–H groups in total. The highest BCUT2D eigenvalue weighted by Gasteiger charge is 2.24. The van der Waals surface area contributed by atoms with E-state index in [-0.39, 0.29) is 30.8 Å². The van der Waals surface area contributed by atoms with Crippen molar-refractivity contribution in [1.29, 1.82) is 0 Å². The van der Waals surface area contributed by atoms with E-state index in [1.807, 2.05) is 100 Å². The highest BCUT2D eigenvalue weighted by atomic mass is 79.9. The van der Waals surface area contributed by atoms with Gasteiger partial charge in [-0.1, -0.05) is 58.4 Å². The van der Waals surface area contributed by atoms with Gasteiger partial charge in [0.1, 0.15) is 11.4 Å². The highest BCUT2D eigenvalue weighted by Crippen LogP contribution is 2.32. The predicted molar refractivity (Wildman–Crippen MR) is 158 cm³/mol. The Bertz CT molecular complexity index is 1500. The first-order chi connectivity index (χ1) is 18.6. The zero-order chi connectivity index (χ0) is 28.2. The summed E-state index contributed by atoms with van der Waals surface area (Å²) in [6.07, 6.45) is 0.113. The fraction of sp³-hybridized carbons (Fsp3) is 0.281. The molecule has 0 aliphatic rings. The van der Waals surface area contributed by atoms with Gasteiger partial charge in [-0.3, -0.25) is 9.59 Å². The minimum absolute atomic E-state index is 0.113. The van der Waals surface area contributed by atoms with Gasteiger partial charge in [0.25, 0.3) is 5.91 Å². The minimum Gasteiger partial charge on any atom is -0.497 e. The molecule has 3 aromatic carbocycles. The van der Waals surface area contributed by atoms with E-state index >= 15 is 0 Å². The number of esters is 1. The van der Waals surface area contributed by atoms with Crippen molar-refractivity contribution in [3.05, 3.63) is 94.0 Å². The zero-order valence-electron chi connectivity index (χ0n) is 22.9. The number of rotatable bonds is 8. The number of methoxy groups -OCH3 is 1. The molecule has 0 radical (unpaired) electrons. The van der Waals surface area contributed by atoms with Gasteiger partial charge >= 0.3 is 5.97 Å². The van der Waals surface area contributed by atoms with E-state index in [1.54, 1.807) is 7.11 Å². The van der Waals surface area contributed by atoms with Crippen LogP contribution < -0.4 is 10.1 Å². The summed E-state index contributed by atoms with van der Waals surface area (Å²) in [4.78, 5) is 31.5. The maximum atomic E-state index is 13.9. The quantitative estimate of drug-likeness (QED) is 0.220. The molecule has 4 aromatic rings. The van der Waals surface area contributed by atoms with Gasteiger partial charge in [-0.2, -0.15) is 0 Å². The Kier molecular flexibility index (Phi) is 8.70. The molecule has 1 atom stereocenters. The summed E-state index contributed by atoms with van der Waals surface area (Å²) < 4.78 is 11.9. The molecule has 0 aliphatic carbocycles. The summed E-state index contributed by atoms with van der Waals surface area (Å²) in [6, 6.07) is 23.1. The lowest BCUT2D eigenvalue weighted by atomic mass is 9.94. The van der Waals surface area contributed by atoms with Gasteiger partial charge in [-0.05, 0) is 69.2 Å². The summed E-state index contributed by atoms with van der Waals surface area (Å²) >= 11 is 3.54. The fourth-order valence-corrected chi connectivity index (χ4v) is 4.95. The molecule has 0 fully saturated rings. The van der Waals surface area contributed by atoms with Gasteiger partial charge < -0.3 is 14.8 Å². The first-order valence-electron chi connectivity index (χ1n) is 12.8. The Balaban J connectivity index is 1.69. The Labute approximate surface area is 237 Å². The van der Waals surface area contributed by atoms with Crippen molar-refractivity contribution in [2.75, 3.05) is 13.7 Å². The molecule has 39 heavy (non-hydrogen) atoms. The first kappa shape index (κ1) is 28.3. The number of hydrogen-bond acceptors (Lipinski definition) is 5. The average molecular weight is 590 g/mol. The number of amides is 1. The number of pyridine rings is 1. The lowest BCUT2D eigenvalue weighted by Crippen LogP contribution is -2.32. The number of halogens is 1. The van der Waals surface area contributed by atoms with Gasteiger partial charge in [-0.25, -0.2) is 4.98 Å². The molecular formula is C32H33BrN2O4. The van der Waals surface area contributed by atoms with E-state index in [9.17, 15) is 9.59 Å². The number of benzene rings is 3. The molecule has 0 aliphatic heterocycles. The minimum atomic E-state index is -0.604. The summed E-state index contributed by atoms with van der Waals surface area (Å²) in [5, 5.41) is 3.86. The van der Waals surface area contributed by atoms with Crippen LogP contribution in [0.3, 0.4) is 0 Å². The number of aromatic nitrogens is 1. The molecule has 4 rings (SSSR count). The molecule has 6 nitrogen and oxygen atoms in total. The summed E-state index contributed by atoms with van der Waals surface area (Å²) in [6.45, 7) is 7.68. The van der Waals surface area contributed by atoms with Crippen molar-refractivity contribution in [3.8, 4) is 17.0 Å². The smallest absolute Gasteiger partial charge is 0.306 e. The largest absolute Gasteiger partial charge is 0.497 e. The number of hydrogen-bond donors (Lipinski definition) is 1. The Morgan fingerprint density at radius 3 is 2.44 bits per heavy atom. The van der Waals surface area contributed by atoms with Gasteiger partial charge in [0, 0.05) is 27.9 Å². The zero-order valence-corrected chi connectivity index (χ0v) is 24.5. The van der Waals surface area contributed by atoms with Crippen LogP contribution in [0.4, 0.5) is 0 Å². The van der Waals surface area contributed by atoms with E-state index in [2.05, 4.69) is 21.2 Å². The SMILES string of the molecule is COc1cccc(C(CNC(=O)c2c(C)c(-c3ccccc3)nc3ccc(Br)cc23)CC(=O)OC(C)(C)C)c1. The normalized spacial score (nSPS) is 12.2. The number of carbonyl (C=O) groups excluding carboxylic acids is 2. The summed E-state index contributed by atoms with van der Waals surface area (Å²) in [5.41, 5.74) is 4.04. The van der Waals surface area contributed by atoms with Crippen LogP contribution in [0.2, 0.25) is 0 Å². The summed E-state index contributed by atoms with van der Waals surface area (Å²) in [7, 11) is 1.60. The van der Waals surface area contributed by atoms with Crippen molar-refractivity contribution in [1.82, 2.24) is 10.3 Å². The second-order valence-corrected chi connectivity index (χ2v) is 11.4. The Morgan fingerprint density at radius 2 is 1.74 bits per heavy atom. The van der Waals surface area contributed by atoms with Crippen LogP contribution in [0.25, 0.3) is 22.2 Å². The van der Waals surface area contributed by atoms with E-state index in [1.165, 1.54) is 0 Å². The molecule has 202 valence electrons. The highest BCUT2D eigenvalue weighted by molar-refractivity contribution is 9.10. The van der Waals surface area contributed by atoms with E-state index in [0.29, 0.717) is 11.3 Å². The van der Waals surface area contributed by atoms with Crippen LogP contribution in [0, 0.1) is 6.92 Å². The number of carbonyl (C=O) groups is 2. The van der Waals surface area contributed by atoms with Crippen molar-refractivity contribution in [2.45, 2.75) is 45.6 Å². The lowest BCUT2D eigenvalue weighted by molar-refractivity contribution is -0.155. The lowest BCUT2D eigenvalue weighted by Gasteiger charge is -2.23. The number of fused-ring (bicyclic) bond motifs is 1. The van der Waals surface area contributed by atoms with Crippen molar-refractivity contribution in [2.24, 2.45) is 0 Å². The van der Waals surface area contributed by atoms with Crippen LogP contribution in [0.1, 0.15) is 54.6 Å². The average Bonchev–Trinajstić information content (AvgIpc) is 2.90. The molecule has 1 aromatic heterocycles. The van der Waals surface area contributed by atoms with Gasteiger partial charge in [0.15, 0.2) is 0 Å². The van der Waals surface area contributed by atoms with Crippen LogP contribution in [0.15, 0.2) is 77.3 Å². The second-order valence-electron chi connectivity index (χ2n) is 10.5. The maximum Gasteiger partial charge on any atom is 0.306 e. The van der Waals surface area contributed by atoms with Gasteiger partial charge in [-0.15, -0.1) is 0 Å². The molecule has 0 saturated carbocycles. The van der Waals surface area contributed by atoms with Crippen LogP contribution >= 0.6 is 15.9 Å². The third-order valence-electron chi connectivity index (χ3n) is 6.37. The van der Waals surface area contributed by atoms with Crippen LogP contribution in [0.5, 0.6) is 5.75 Å². The second kappa shape index (κ2) is 12.0. The summed E-state index contributed by atoms with van der Waals surface area (Å²) in [5.74, 6) is -0.188. The first-order valence-corrected chi connectivity index (χ1v) is 13.6. The third kappa shape index (κ3) is 7.03. The molecule has 1 amide bonds. The molecular weight excluding hydrogens is 556 g/mol. The molecule has 1 unspecified atom stereocenters. The molecule has 0 spiro atoms. The van der Waals surface area contributed by atoms with Gasteiger partial charge in [0.2, 0.25) is 0 Å². The van der Waals surface area contributed by atoms with Crippen LogP contribution in [-0.4, -0.2) is 36.1 Å². The van der Waals surface area contributed by atoms with Crippen molar-refractivity contribution in [3.63, 3.8) is 0 Å². The number of nitrogens with zero attached hydrogens (tertiary/aromatic N) is 1. The number of ether oxygens (including phenoxy) is 2. The molecule has 0 saturated heterocycles. The monoisotopic (exact) mass is 588 g/mol. The Morgan fingerprint density at radius 1 is 1.00 bits per heavy atom. The van der Waals surface area contributed by atoms with Crippen LogP contribution in [-0.2, 0) is 9.53 Å². The van der Waals surface area contributed by atoms with Crippen molar-refractivity contribution >= 4 is 38.7 Å². The molecule has 7 heteroatoms. The van der Waals surface area contributed by atoms with E-state index in [0.717, 1.165) is 37.8 Å². The standard InChI is InChI=1S/C32H33BrN2O4/c1-20-29(26-18-24(33)14-15-27(26)35-30(20)21-10-7-6-8-11-21)31(37)34-19-23(17-28(36)39-32(2,3)4)22-12-9-13-25(16-22)38-5/h6-16,18,23H,17,19H2,1-5H3,(H,34,37). The van der Waals surface area contributed by atoms with E-state index < -0.39 is 5.60 Å². The third-order valence-corrected chi connectivity index (χ3v) is 6.87. The topological polar surface area (TPSA) is 77.5 Å². The van der Waals surface area contributed by atoms with E-state index in [4.69, 9.17) is 14.5 Å². The Hall–Kier alpha value is -3.71.